The number of carbonyl (C=O) groups is 1. The third-order valence-electron chi connectivity index (χ3n) is 1.84. The third kappa shape index (κ3) is 1.43. The van der Waals surface area contributed by atoms with Gasteiger partial charge in [-0.25, -0.2) is 0 Å². The van der Waals surface area contributed by atoms with Crippen LogP contribution in [-0.2, 0) is 0 Å². The lowest BCUT2D eigenvalue weighted by Crippen LogP contribution is -1.97. The summed E-state index contributed by atoms with van der Waals surface area (Å²) in [5, 5.41) is 8.74. The first kappa shape index (κ1) is 9.07. The van der Waals surface area contributed by atoms with Crippen LogP contribution in [0.2, 0.25) is 0 Å². The maximum atomic E-state index is 10.9. The van der Waals surface area contributed by atoms with Crippen molar-refractivity contribution in [3.8, 4) is 5.75 Å². The van der Waals surface area contributed by atoms with Gasteiger partial charge in [-0.2, -0.15) is 0 Å². The SMILES string of the molecule is Cc1ccc(O)c(C)c1C(=O)Cl. The van der Waals surface area contributed by atoms with Crippen molar-refractivity contribution in [1.82, 2.24) is 0 Å². The molecule has 1 N–H and O–H groups in total. The van der Waals surface area contributed by atoms with Crippen molar-refractivity contribution < 1.29 is 9.90 Å². The highest BCUT2D eigenvalue weighted by Crippen LogP contribution is 2.24. The molecule has 0 atom stereocenters. The second kappa shape index (κ2) is 3.15. The topological polar surface area (TPSA) is 37.3 Å². The molecule has 12 heavy (non-hydrogen) atoms. The van der Waals surface area contributed by atoms with E-state index >= 15 is 0 Å². The van der Waals surface area contributed by atoms with E-state index in [2.05, 4.69) is 0 Å². The lowest BCUT2D eigenvalue weighted by molar-refractivity contribution is 0.108. The Morgan fingerprint density at radius 3 is 2.42 bits per heavy atom. The Morgan fingerprint density at radius 2 is 2.00 bits per heavy atom. The molecule has 0 unspecified atom stereocenters. The standard InChI is InChI=1S/C9H9ClO2/c1-5-3-4-7(11)6(2)8(5)9(10)12/h3-4,11H,1-2H3. The smallest absolute Gasteiger partial charge is 0.253 e. The van der Waals surface area contributed by atoms with E-state index in [-0.39, 0.29) is 5.75 Å². The first-order valence-electron chi connectivity index (χ1n) is 3.53. The van der Waals surface area contributed by atoms with Gasteiger partial charge in [-0.3, -0.25) is 4.79 Å². The molecule has 2 nitrogen and oxygen atoms in total. The Labute approximate surface area is 75.8 Å². The van der Waals surface area contributed by atoms with Crippen molar-refractivity contribution in [1.29, 1.82) is 0 Å². The summed E-state index contributed by atoms with van der Waals surface area (Å²) in [6.07, 6.45) is 0. The Morgan fingerprint density at radius 1 is 1.42 bits per heavy atom. The van der Waals surface area contributed by atoms with Gasteiger partial charge in [0.05, 0.1) is 0 Å². The van der Waals surface area contributed by atoms with Crippen LogP contribution in [0, 0.1) is 13.8 Å². The van der Waals surface area contributed by atoms with Crippen LogP contribution in [0.4, 0.5) is 0 Å². The Hall–Kier alpha value is -1.02. The summed E-state index contributed by atoms with van der Waals surface area (Å²) < 4.78 is 0. The van der Waals surface area contributed by atoms with E-state index in [4.69, 9.17) is 11.6 Å². The zero-order valence-electron chi connectivity index (χ0n) is 6.89. The summed E-state index contributed by atoms with van der Waals surface area (Å²) in [7, 11) is 0. The van der Waals surface area contributed by atoms with Crippen molar-refractivity contribution in [2.24, 2.45) is 0 Å². The number of halogens is 1. The number of rotatable bonds is 1. The second-order valence-electron chi connectivity index (χ2n) is 2.68. The van der Waals surface area contributed by atoms with Crippen LogP contribution >= 0.6 is 11.6 Å². The molecule has 0 saturated heterocycles. The summed E-state index contributed by atoms with van der Waals surface area (Å²) in [5.74, 6) is 0.101. The quantitative estimate of drug-likeness (QED) is 0.681. The van der Waals surface area contributed by atoms with Crippen LogP contribution in [0.1, 0.15) is 21.5 Å². The molecule has 0 saturated carbocycles. The van der Waals surface area contributed by atoms with E-state index < -0.39 is 5.24 Å². The van der Waals surface area contributed by atoms with Gasteiger partial charge in [0.25, 0.3) is 5.24 Å². The molecule has 0 spiro atoms. The molecule has 64 valence electrons. The van der Waals surface area contributed by atoms with E-state index in [0.717, 1.165) is 5.56 Å². The number of aromatic hydroxyl groups is 1. The van der Waals surface area contributed by atoms with Crippen molar-refractivity contribution in [3.63, 3.8) is 0 Å². The lowest BCUT2D eigenvalue weighted by Gasteiger charge is -2.05. The lowest BCUT2D eigenvalue weighted by atomic mass is 10.0. The predicted octanol–water partition coefficient (Wildman–Crippen LogP) is 2.39. The average Bonchev–Trinajstić information content (AvgIpc) is 1.97. The molecule has 0 bridgehead atoms. The zero-order chi connectivity index (χ0) is 9.30. The number of hydrogen-bond donors (Lipinski definition) is 1. The molecule has 0 aliphatic heterocycles. The fourth-order valence-corrected chi connectivity index (χ4v) is 1.43. The monoisotopic (exact) mass is 184 g/mol. The molecule has 0 radical (unpaired) electrons. The second-order valence-corrected chi connectivity index (χ2v) is 3.02. The van der Waals surface area contributed by atoms with Crippen LogP contribution in [-0.4, -0.2) is 10.3 Å². The van der Waals surface area contributed by atoms with Gasteiger partial charge in [-0.15, -0.1) is 0 Å². The number of hydrogen-bond acceptors (Lipinski definition) is 2. The average molecular weight is 185 g/mol. The molecule has 0 heterocycles. The fraction of sp³-hybridized carbons (Fsp3) is 0.222. The van der Waals surface area contributed by atoms with Gasteiger partial charge < -0.3 is 5.11 Å². The van der Waals surface area contributed by atoms with Gasteiger partial charge in [0.2, 0.25) is 0 Å². The van der Waals surface area contributed by atoms with Gasteiger partial charge in [-0.1, -0.05) is 6.07 Å². The van der Waals surface area contributed by atoms with Gasteiger partial charge in [0.15, 0.2) is 0 Å². The van der Waals surface area contributed by atoms with Crippen molar-refractivity contribution in [3.05, 3.63) is 28.8 Å². The van der Waals surface area contributed by atoms with Gasteiger partial charge in [0.1, 0.15) is 5.75 Å². The number of carbonyl (C=O) groups excluding carboxylic acids is 1. The van der Waals surface area contributed by atoms with Crippen molar-refractivity contribution >= 4 is 16.8 Å². The molecule has 0 aromatic heterocycles. The summed E-state index contributed by atoms with van der Waals surface area (Å²) in [6, 6.07) is 3.21. The Bertz CT molecular complexity index is 332. The maximum Gasteiger partial charge on any atom is 0.253 e. The number of phenols is 1. The third-order valence-corrected chi connectivity index (χ3v) is 2.03. The minimum atomic E-state index is -0.527. The summed E-state index contributed by atoms with van der Waals surface area (Å²) >= 11 is 5.34. The molecular weight excluding hydrogens is 176 g/mol. The molecule has 3 heteroatoms. The fourth-order valence-electron chi connectivity index (χ4n) is 1.14. The molecule has 1 aromatic carbocycles. The minimum Gasteiger partial charge on any atom is -0.508 e. The molecule has 0 aliphatic rings. The molecule has 0 amide bonds. The van der Waals surface area contributed by atoms with Crippen molar-refractivity contribution in [2.45, 2.75) is 13.8 Å². The summed E-state index contributed by atoms with van der Waals surface area (Å²) in [5.41, 5.74) is 1.72. The first-order chi connectivity index (χ1) is 5.54. The van der Waals surface area contributed by atoms with Crippen LogP contribution in [0.5, 0.6) is 5.75 Å². The number of aryl methyl sites for hydroxylation is 1. The van der Waals surface area contributed by atoms with E-state index in [9.17, 15) is 9.90 Å². The number of phenolic OH excluding ortho intramolecular Hbond substituents is 1. The van der Waals surface area contributed by atoms with E-state index in [1.165, 1.54) is 0 Å². The highest BCUT2D eigenvalue weighted by Gasteiger charge is 2.11. The molecular formula is C9H9ClO2. The normalized spacial score (nSPS) is 9.92. The number of benzene rings is 1. The van der Waals surface area contributed by atoms with Gasteiger partial charge in [-0.05, 0) is 37.1 Å². The Kier molecular flexibility index (Phi) is 2.38. The Balaban J connectivity index is 3.43. The minimum absolute atomic E-state index is 0.101. The highest BCUT2D eigenvalue weighted by atomic mass is 35.5. The molecule has 0 aliphatic carbocycles. The zero-order valence-corrected chi connectivity index (χ0v) is 7.64. The van der Waals surface area contributed by atoms with Crippen molar-refractivity contribution in [2.75, 3.05) is 0 Å². The first-order valence-corrected chi connectivity index (χ1v) is 3.91. The van der Waals surface area contributed by atoms with Gasteiger partial charge in [0, 0.05) is 11.1 Å². The van der Waals surface area contributed by atoms with Crippen LogP contribution in [0.25, 0.3) is 0 Å². The molecule has 0 fully saturated rings. The van der Waals surface area contributed by atoms with Gasteiger partial charge >= 0.3 is 0 Å². The van der Waals surface area contributed by atoms with E-state index in [0.29, 0.717) is 11.1 Å². The molecule has 1 rings (SSSR count). The van der Waals surface area contributed by atoms with Crippen LogP contribution in [0.3, 0.4) is 0 Å². The molecule has 1 aromatic rings. The summed E-state index contributed by atoms with van der Waals surface area (Å²) in [6.45, 7) is 3.44. The van der Waals surface area contributed by atoms with Crippen LogP contribution < -0.4 is 0 Å². The van der Waals surface area contributed by atoms with Crippen LogP contribution in [0.15, 0.2) is 12.1 Å². The summed E-state index contributed by atoms with van der Waals surface area (Å²) in [4.78, 5) is 10.9. The van der Waals surface area contributed by atoms with E-state index in [1.807, 2.05) is 0 Å². The maximum absolute atomic E-state index is 10.9. The largest absolute Gasteiger partial charge is 0.508 e. The highest BCUT2D eigenvalue weighted by molar-refractivity contribution is 6.68. The predicted molar refractivity (Wildman–Crippen MR) is 47.8 cm³/mol. The van der Waals surface area contributed by atoms with E-state index in [1.54, 1.807) is 26.0 Å².